The van der Waals surface area contributed by atoms with Crippen molar-refractivity contribution in [2.45, 2.75) is 0 Å². The molecule has 0 saturated carbocycles. The predicted octanol–water partition coefficient (Wildman–Crippen LogP) is -4.13. The SMILES string of the molecule is O.O.O.O.O.[Ni].[Ni].[Ni].[Ni]. The predicted molar refractivity (Wildman–Crippen MR) is 18.1 cm³/mol. The van der Waals surface area contributed by atoms with Crippen LogP contribution in [0, 0.1) is 0 Å². The minimum absolute atomic E-state index is 0. The Balaban J connectivity index is 0. The molecule has 80 valence electrons. The van der Waals surface area contributed by atoms with Crippen molar-refractivity contribution in [1.82, 2.24) is 0 Å². The normalized spacial score (nSPS) is 0. The second-order valence-corrected chi connectivity index (χ2v) is 0. The maximum absolute atomic E-state index is 0. The molecule has 0 amide bonds. The van der Waals surface area contributed by atoms with E-state index in [1.54, 1.807) is 0 Å². The molecule has 0 aliphatic carbocycles. The van der Waals surface area contributed by atoms with Gasteiger partial charge in [0.2, 0.25) is 0 Å². The first-order valence-corrected chi connectivity index (χ1v) is 0. The van der Waals surface area contributed by atoms with Crippen LogP contribution >= 0.6 is 0 Å². The van der Waals surface area contributed by atoms with E-state index in [-0.39, 0.29) is 93.3 Å². The molecule has 0 radical (unpaired) electrons. The van der Waals surface area contributed by atoms with E-state index < -0.39 is 0 Å². The molecule has 0 atom stereocenters. The Labute approximate surface area is 93.0 Å². The molecule has 0 aliphatic rings. The van der Waals surface area contributed by atoms with Crippen LogP contribution in [0.15, 0.2) is 0 Å². The molecule has 9 heteroatoms. The van der Waals surface area contributed by atoms with Gasteiger partial charge in [-0.25, -0.2) is 0 Å². The van der Waals surface area contributed by atoms with Crippen molar-refractivity contribution in [1.29, 1.82) is 0 Å². The summed E-state index contributed by atoms with van der Waals surface area (Å²) in [6, 6.07) is 0. The third kappa shape index (κ3) is 188. The molecular weight excluding hydrogens is 315 g/mol. The fourth-order valence-electron chi connectivity index (χ4n) is 0. The van der Waals surface area contributed by atoms with Gasteiger partial charge in [0, 0.05) is 66.0 Å². The van der Waals surface area contributed by atoms with E-state index in [0.717, 1.165) is 0 Å². The summed E-state index contributed by atoms with van der Waals surface area (Å²) >= 11 is 0. The fourth-order valence-corrected chi connectivity index (χ4v) is 0. The van der Waals surface area contributed by atoms with Crippen LogP contribution < -0.4 is 0 Å². The summed E-state index contributed by atoms with van der Waals surface area (Å²) in [5.74, 6) is 0. The Hall–Kier alpha value is 1.77. The molecule has 0 rings (SSSR count). The Bertz CT molecular complexity index is 8.92. The molecule has 0 bridgehead atoms. The van der Waals surface area contributed by atoms with Gasteiger partial charge in [0.1, 0.15) is 0 Å². The van der Waals surface area contributed by atoms with Gasteiger partial charge in [-0.2, -0.15) is 0 Å². The third-order valence-corrected chi connectivity index (χ3v) is 0. The zero-order chi connectivity index (χ0) is 0. The van der Waals surface area contributed by atoms with Crippen LogP contribution in [0.2, 0.25) is 0 Å². The first-order chi connectivity index (χ1) is 0. The molecule has 0 aromatic rings. The zero-order valence-electron chi connectivity index (χ0n) is 3.76. The van der Waals surface area contributed by atoms with Gasteiger partial charge in [-0.05, 0) is 0 Å². The number of hydrogen-bond acceptors (Lipinski definition) is 0. The van der Waals surface area contributed by atoms with Crippen LogP contribution in [-0.2, 0) is 66.0 Å². The van der Waals surface area contributed by atoms with E-state index in [1.165, 1.54) is 0 Å². The average Bonchev–Trinajstić information content (AvgIpc) is 0. The van der Waals surface area contributed by atoms with E-state index >= 15 is 0 Å². The molecule has 0 fully saturated rings. The molecular formula is H10Ni4O5. The van der Waals surface area contributed by atoms with Gasteiger partial charge in [0.05, 0.1) is 0 Å². The summed E-state index contributed by atoms with van der Waals surface area (Å²) in [4.78, 5) is 0. The van der Waals surface area contributed by atoms with Crippen molar-refractivity contribution in [2.24, 2.45) is 0 Å². The average molecular weight is 325 g/mol. The Kier molecular flexibility index (Phi) is 8690. The van der Waals surface area contributed by atoms with Gasteiger partial charge in [-0.3, -0.25) is 0 Å². The molecule has 0 saturated heterocycles. The first kappa shape index (κ1) is 327. The van der Waals surface area contributed by atoms with Gasteiger partial charge in [0.15, 0.2) is 0 Å². The Morgan fingerprint density at radius 3 is 0.222 bits per heavy atom. The number of rotatable bonds is 0. The van der Waals surface area contributed by atoms with Crippen LogP contribution in [0.4, 0.5) is 0 Å². The molecule has 0 aromatic heterocycles. The van der Waals surface area contributed by atoms with Crippen molar-refractivity contribution in [3.8, 4) is 0 Å². The fraction of sp³-hybridized carbons (Fsp3) is 0. The van der Waals surface area contributed by atoms with Crippen LogP contribution in [0.25, 0.3) is 0 Å². The standard InChI is InChI=1S/4Ni.5H2O/h;;;;5*1H2. The number of hydrogen-bond donors (Lipinski definition) is 0. The van der Waals surface area contributed by atoms with Gasteiger partial charge >= 0.3 is 0 Å². The van der Waals surface area contributed by atoms with E-state index in [9.17, 15) is 0 Å². The van der Waals surface area contributed by atoms with Crippen LogP contribution in [0.5, 0.6) is 0 Å². The summed E-state index contributed by atoms with van der Waals surface area (Å²) in [6.07, 6.45) is 0. The summed E-state index contributed by atoms with van der Waals surface area (Å²) in [5.41, 5.74) is 0. The van der Waals surface area contributed by atoms with Crippen molar-refractivity contribution in [2.75, 3.05) is 0 Å². The molecule has 0 aliphatic heterocycles. The minimum atomic E-state index is 0. The molecule has 5 nitrogen and oxygen atoms in total. The quantitative estimate of drug-likeness (QED) is 0.396. The van der Waals surface area contributed by atoms with Crippen LogP contribution in [0.3, 0.4) is 0 Å². The molecule has 10 N–H and O–H groups in total. The molecule has 0 aromatic carbocycles. The van der Waals surface area contributed by atoms with Gasteiger partial charge in [-0.1, -0.05) is 0 Å². The summed E-state index contributed by atoms with van der Waals surface area (Å²) < 4.78 is 0. The molecule has 0 spiro atoms. The molecule has 9 heavy (non-hydrogen) atoms. The largest absolute Gasteiger partial charge is 0.412 e. The Morgan fingerprint density at radius 1 is 0.222 bits per heavy atom. The topological polar surface area (TPSA) is 158 Å². The van der Waals surface area contributed by atoms with Gasteiger partial charge < -0.3 is 27.4 Å². The Morgan fingerprint density at radius 2 is 0.222 bits per heavy atom. The summed E-state index contributed by atoms with van der Waals surface area (Å²) in [7, 11) is 0. The maximum Gasteiger partial charge on any atom is 0 e. The smallest absolute Gasteiger partial charge is 0 e. The monoisotopic (exact) mass is 322 g/mol. The first-order valence-electron chi connectivity index (χ1n) is 0. The van der Waals surface area contributed by atoms with E-state index in [0.29, 0.717) is 0 Å². The zero-order valence-corrected chi connectivity index (χ0v) is 7.72. The summed E-state index contributed by atoms with van der Waals surface area (Å²) in [6.45, 7) is 0. The van der Waals surface area contributed by atoms with Crippen molar-refractivity contribution < 1.29 is 93.3 Å². The van der Waals surface area contributed by atoms with Crippen molar-refractivity contribution >= 4 is 0 Å². The second kappa shape index (κ2) is 239. The van der Waals surface area contributed by atoms with Crippen LogP contribution in [0.1, 0.15) is 0 Å². The van der Waals surface area contributed by atoms with Gasteiger partial charge in [0.25, 0.3) is 0 Å². The second-order valence-electron chi connectivity index (χ2n) is 0. The minimum Gasteiger partial charge on any atom is -0.412 e. The van der Waals surface area contributed by atoms with Gasteiger partial charge in [-0.15, -0.1) is 0 Å². The van der Waals surface area contributed by atoms with E-state index in [1.807, 2.05) is 0 Å². The maximum atomic E-state index is 0. The third-order valence-electron chi connectivity index (χ3n) is 0. The molecule has 0 unspecified atom stereocenters. The van der Waals surface area contributed by atoms with Crippen molar-refractivity contribution in [3.63, 3.8) is 0 Å². The van der Waals surface area contributed by atoms with Crippen LogP contribution in [-0.4, -0.2) is 27.4 Å². The summed E-state index contributed by atoms with van der Waals surface area (Å²) in [5, 5.41) is 0. The molecule has 0 heterocycles. The van der Waals surface area contributed by atoms with E-state index in [2.05, 4.69) is 0 Å². The van der Waals surface area contributed by atoms with E-state index in [4.69, 9.17) is 0 Å². The van der Waals surface area contributed by atoms with Crippen molar-refractivity contribution in [3.05, 3.63) is 0 Å².